The van der Waals surface area contributed by atoms with E-state index >= 15 is 0 Å². The summed E-state index contributed by atoms with van der Waals surface area (Å²) in [6.07, 6.45) is 0. The Morgan fingerprint density at radius 2 is 2.08 bits per heavy atom. The molecule has 1 heterocycles. The van der Waals surface area contributed by atoms with E-state index in [2.05, 4.69) is 5.10 Å². The molecule has 1 aromatic rings. The van der Waals surface area contributed by atoms with Crippen molar-refractivity contribution in [2.75, 3.05) is 7.11 Å². The van der Waals surface area contributed by atoms with Crippen LogP contribution in [0.4, 0.5) is 0 Å². The van der Waals surface area contributed by atoms with Crippen LogP contribution in [-0.4, -0.2) is 16.9 Å². The topological polar surface area (TPSA) is 27.1 Å². The lowest BCUT2D eigenvalue weighted by atomic mass is 10.1. The van der Waals surface area contributed by atoms with Crippen LogP contribution >= 0.6 is 11.6 Å². The molecule has 0 fully saturated rings. The van der Waals surface area contributed by atoms with Crippen molar-refractivity contribution < 1.29 is 4.74 Å². The van der Waals surface area contributed by atoms with E-state index in [0.717, 1.165) is 0 Å². The lowest BCUT2D eigenvalue weighted by molar-refractivity contribution is 0.330. The van der Waals surface area contributed by atoms with Gasteiger partial charge in [0, 0.05) is 6.07 Å². The Morgan fingerprint density at radius 3 is 2.33 bits per heavy atom. The molecule has 0 aromatic carbocycles. The van der Waals surface area contributed by atoms with Gasteiger partial charge in [0.05, 0.1) is 12.6 Å². The van der Waals surface area contributed by atoms with Gasteiger partial charge in [-0.1, -0.05) is 11.6 Å². The van der Waals surface area contributed by atoms with Crippen LogP contribution in [0.2, 0.25) is 5.15 Å². The van der Waals surface area contributed by atoms with Crippen LogP contribution in [0.15, 0.2) is 6.07 Å². The van der Waals surface area contributed by atoms with Gasteiger partial charge in [-0.3, -0.25) is 0 Å². The fraction of sp³-hybridized carbons (Fsp3) is 0.625. The molecule has 0 aliphatic rings. The minimum atomic E-state index is -0.103. The summed E-state index contributed by atoms with van der Waals surface area (Å²) in [6, 6.07) is 1.70. The molecule has 12 heavy (non-hydrogen) atoms. The molecule has 1 aromatic heterocycles. The van der Waals surface area contributed by atoms with Crippen molar-refractivity contribution in [2.45, 2.75) is 26.3 Å². The third kappa shape index (κ3) is 1.72. The number of methoxy groups -OCH3 is 1. The van der Waals surface area contributed by atoms with Crippen LogP contribution in [0.25, 0.3) is 0 Å². The van der Waals surface area contributed by atoms with Gasteiger partial charge in [-0.05, 0) is 20.8 Å². The van der Waals surface area contributed by atoms with E-state index in [0.29, 0.717) is 11.0 Å². The van der Waals surface area contributed by atoms with Gasteiger partial charge in [0.25, 0.3) is 0 Å². The fourth-order valence-corrected chi connectivity index (χ4v) is 1.29. The molecule has 0 aliphatic carbocycles. The lowest BCUT2D eigenvalue weighted by Crippen LogP contribution is -2.23. The van der Waals surface area contributed by atoms with Crippen molar-refractivity contribution >= 4 is 11.6 Å². The number of hydrogen-bond acceptors (Lipinski definition) is 2. The summed E-state index contributed by atoms with van der Waals surface area (Å²) >= 11 is 5.93. The normalized spacial score (nSPS) is 11.8. The first-order valence-corrected chi connectivity index (χ1v) is 4.13. The molecule has 4 heteroatoms. The van der Waals surface area contributed by atoms with Crippen molar-refractivity contribution in [3.05, 3.63) is 11.2 Å². The van der Waals surface area contributed by atoms with E-state index in [-0.39, 0.29) is 5.54 Å². The van der Waals surface area contributed by atoms with Crippen molar-refractivity contribution in [3.63, 3.8) is 0 Å². The van der Waals surface area contributed by atoms with E-state index in [9.17, 15) is 0 Å². The third-order valence-corrected chi connectivity index (χ3v) is 1.76. The monoisotopic (exact) mass is 188 g/mol. The maximum Gasteiger partial charge on any atom is 0.234 e. The van der Waals surface area contributed by atoms with Crippen LogP contribution in [0, 0.1) is 0 Å². The molecule has 3 nitrogen and oxygen atoms in total. The maximum atomic E-state index is 5.93. The molecule has 0 amide bonds. The number of aromatic nitrogens is 2. The predicted octanol–water partition coefficient (Wildman–Crippen LogP) is 2.30. The Kier molecular flexibility index (Phi) is 2.33. The molecule has 0 spiro atoms. The molecule has 0 N–H and O–H groups in total. The Morgan fingerprint density at radius 1 is 1.50 bits per heavy atom. The number of hydrogen-bond donors (Lipinski definition) is 0. The first-order chi connectivity index (χ1) is 5.45. The van der Waals surface area contributed by atoms with Crippen LogP contribution in [0.3, 0.4) is 0 Å². The van der Waals surface area contributed by atoms with Crippen molar-refractivity contribution in [1.82, 2.24) is 9.78 Å². The zero-order valence-corrected chi connectivity index (χ0v) is 8.51. The van der Waals surface area contributed by atoms with Gasteiger partial charge >= 0.3 is 0 Å². The lowest BCUT2D eigenvalue weighted by Gasteiger charge is -2.19. The van der Waals surface area contributed by atoms with E-state index in [1.807, 2.05) is 20.8 Å². The fourth-order valence-electron chi connectivity index (χ4n) is 0.908. The molecule has 0 atom stereocenters. The Balaban J connectivity index is 3.08. The van der Waals surface area contributed by atoms with Crippen molar-refractivity contribution in [3.8, 4) is 5.88 Å². The van der Waals surface area contributed by atoms with Gasteiger partial charge < -0.3 is 4.74 Å². The highest BCUT2D eigenvalue weighted by atomic mass is 35.5. The first-order valence-electron chi connectivity index (χ1n) is 3.75. The molecule has 0 radical (unpaired) electrons. The molecule has 0 aliphatic heterocycles. The smallest absolute Gasteiger partial charge is 0.234 e. The number of ether oxygens (including phenoxy) is 1. The molecular weight excluding hydrogens is 176 g/mol. The van der Waals surface area contributed by atoms with Crippen LogP contribution < -0.4 is 4.74 Å². The second-order valence-electron chi connectivity index (χ2n) is 3.59. The molecule has 68 valence electrons. The highest BCUT2D eigenvalue weighted by Gasteiger charge is 2.18. The average Bonchev–Trinajstić information content (AvgIpc) is 2.29. The van der Waals surface area contributed by atoms with E-state index in [1.54, 1.807) is 17.9 Å². The highest BCUT2D eigenvalue weighted by molar-refractivity contribution is 6.29. The van der Waals surface area contributed by atoms with Gasteiger partial charge in [0.1, 0.15) is 5.15 Å². The van der Waals surface area contributed by atoms with Crippen molar-refractivity contribution in [2.24, 2.45) is 0 Å². The second-order valence-corrected chi connectivity index (χ2v) is 3.98. The predicted molar refractivity (Wildman–Crippen MR) is 48.8 cm³/mol. The number of rotatable bonds is 1. The quantitative estimate of drug-likeness (QED) is 0.676. The van der Waals surface area contributed by atoms with Crippen LogP contribution in [-0.2, 0) is 5.54 Å². The third-order valence-electron chi connectivity index (χ3n) is 1.49. The second kappa shape index (κ2) is 2.98. The Bertz CT molecular complexity index is 275. The first kappa shape index (κ1) is 9.39. The minimum Gasteiger partial charge on any atom is -0.480 e. The molecule has 0 unspecified atom stereocenters. The zero-order valence-electron chi connectivity index (χ0n) is 7.76. The Hall–Kier alpha value is -0.700. The van der Waals surface area contributed by atoms with Crippen LogP contribution in [0.1, 0.15) is 20.8 Å². The molecule has 0 saturated heterocycles. The standard InChI is InChI=1S/C8H13ClN2O/c1-8(2,3)11-6(9)5-7(10-11)12-4/h5H,1-4H3. The van der Waals surface area contributed by atoms with Crippen molar-refractivity contribution in [1.29, 1.82) is 0 Å². The number of nitrogens with zero attached hydrogens (tertiary/aromatic N) is 2. The summed E-state index contributed by atoms with van der Waals surface area (Å²) in [4.78, 5) is 0. The van der Waals surface area contributed by atoms with E-state index in [1.165, 1.54) is 0 Å². The zero-order chi connectivity index (χ0) is 9.35. The number of halogens is 1. The summed E-state index contributed by atoms with van der Waals surface area (Å²) in [6.45, 7) is 6.10. The van der Waals surface area contributed by atoms with Gasteiger partial charge in [0.15, 0.2) is 0 Å². The SMILES string of the molecule is COc1cc(Cl)n(C(C)(C)C)n1. The Labute approximate surface area is 77.3 Å². The summed E-state index contributed by atoms with van der Waals surface area (Å²) < 4.78 is 6.68. The van der Waals surface area contributed by atoms with Gasteiger partial charge in [-0.25, -0.2) is 4.68 Å². The molecular formula is C8H13ClN2O. The molecule has 1 rings (SSSR count). The van der Waals surface area contributed by atoms with E-state index in [4.69, 9.17) is 16.3 Å². The van der Waals surface area contributed by atoms with Gasteiger partial charge in [-0.2, -0.15) is 0 Å². The maximum absolute atomic E-state index is 5.93. The molecule has 0 saturated carbocycles. The molecule has 0 bridgehead atoms. The summed E-state index contributed by atoms with van der Waals surface area (Å²) in [7, 11) is 1.58. The largest absolute Gasteiger partial charge is 0.480 e. The van der Waals surface area contributed by atoms with Gasteiger partial charge in [0.2, 0.25) is 5.88 Å². The van der Waals surface area contributed by atoms with Gasteiger partial charge in [-0.15, -0.1) is 5.10 Å². The summed E-state index contributed by atoms with van der Waals surface area (Å²) in [5, 5.41) is 4.76. The van der Waals surface area contributed by atoms with Crippen LogP contribution in [0.5, 0.6) is 5.88 Å². The van der Waals surface area contributed by atoms with E-state index < -0.39 is 0 Å². The summed E-state index contributed by atoms with van der Waals surface area (Å²) in [5.74, 6) is 0.551. The summed E-state index contributed by atoms with van der Waals surface area (Å²) in [5.41, 5.74) is -0.103. The highest BCUT2D eigenvalue weighted by Crippen LogP contribution is 2.23. The minimum absolute atomic E-state index is 0.103. The average molecular weight is 189 g/mol.